The molecule has 0 bridgehead atoms. The summed E-state index contributed by atoms with van der Waals surface area (Å²) in [7, 11) is 1.62. The van der Waals surface area contributed by atoms with Gasteiger partial charge in [-0.15, -0.1) is 11.3 Å². The molecule has 106 valence electrons. The molecule has 1 amide bonds. The minimum absolute atomic E-state index is 0.0808. The minimum atomic E-state index is -0.280. The van der Waals surface area contributed by atoms with E-state index in [-0.39, 0.29) is 24.9 Å². The van der Waals surface area contributed by atoms with Gasteiger partial charge in [0.2, 0.25) is 0 Å². The van der Waals surface area contributed by atoms with Crippen LogP contribution in [-0.2, 0) is 6.42 Å². The molecular formula is C14H15FN2O2S. The second-order valence-corrected chi connectivity index (χ2v) is 5.33. The third-order valence-corrected chi connectivity index (χ3v) is 3.65. The summed E-state index contributed by atoms with van der Waals surface area (Å²) in [5.74, 6) is -0.501. The summed E-state index contributed by atoms with van der Waals surface area (Å²) in [5, 5.41) is 11.3. The van der Waals surface area contributed by atoms with Crippen LogP contribution in [0.2, 0.25) is 0 Å². The predicted molar refractivity (Wildman–Crippen MR) is 75.4 cm³/mol. The van der Waals surface area contributed by atoms with Crippen LogP contribution in [0.15, 0.2) is 29.6 Å². The molecule has 2 aromatic rings. The number of rotatable bonds is 5. The molecule has 4 nitrogen and oxygen atoms in total. The molecule has 0 aliphatic heterocycles. The molecule has 0 spiro atoms. The van der Waals surface area contributed by atoms with E-state index in [1.807, 2.05) is 6.07 Å². The average molecular weight is 294 g/mol. The Hall–Kier alpha value is -1.79. The van der Waals surface area contributed by atoms with Crippen LogP contribution in [0.1, 0.15) is 21.1 Å². The van der Waals surface area contributed by atoms with E-state index in [1.54, 1.807) is 18.5 Å². The topological polar surface area (TPSA) is 53.4 Å². The van der Waals surface area contributed by atoms with Crippen molar-refractivity contribution in [3.8, 4) is 0 Å². The smallest absolute Gasteiger partial charge is 0.273 e. The molecule has 0 fully saturated rings. The second kappa shape index (κ2) is 6.58. The van der Waals surface area contributed by atoms with Gasteiger partial charge in [-0.25, -0.2) is 9.37 Å². The number of hydrogen-bond acceptors (Lipinski definition) is 4. The standard InChI is InChI=1S/C14H15FN2O2S/c1-17(5-6-18)14(19)12-9-20-13(16-12)8-10-3-2-4-11(15)7-10/h2-4,7,9,18H,5-6,8H2,1H3. The van der Waals surface area contributed by atoms with E-state index in [0.717, 1.165) is 10.6 Å². The molecular weight excluding hydrogens is 279 g/mol. The average Bonchev–Trinajstić information content (AvgIpc) is 2.86. The number of amides is 1. The highest BCUT2D eigenvalue weighted by Gasteiger charge is 2.15. The number of carbonyl (C=O) groups is 1. The molecule has 0 atom stereocenters. The SMILES string of the molecule is CN(CCO)C(=O)c1csc(Cc2cccc(F)c2)n1. The summed E-state index contributed by atoms with van der Waals surface area (Å²) in [6, 6.07) is 6.33. The van der Waals surface area contributed by atoms with Gasteiger partial charge in [-0.05, 0) is 17.7 Å². The van der Waals surface area contributed by atoms with Crippen LogP contribution in [-0.4, -0.2) is 41.1 Å². The molecule has 1 aromatic carbocycles. The Labute approximate surface area is 120 Å². The Balaban J connectivity index is 2.07. The van der Waals surface area contributed by atoms with Crippen molar-refractivity contribution in [2.45, 2.75) is 6.42 Å². The molecule has 6 heteroatoms. The van der Waals surface area contributed by atoms with Crippen LogP contribution < -0.4 is 0 Å². The Morgan fingerprint density at radius 1 is 1.50 bits per heavy atom. The number of likely N-dealkylation sites (N-methyl/N-ethyl adjacent to an activating group) is 1. The van der Waals surface area contributed by atoms with E-state index in [2.05, 4.69) is 4.98 Å². The lowest BCUT2D eigenvalue weighted by Gasteiger charge is -2.13. The molecule has 0 unspecified atom stereocenters. The number of halogens is 1. The van der Waals surface area contributed by atoms with Gasteiger partial charge in [-0.2, -0.15) is 0 Å². The van der Waals surface area contributed by atoms with Crippen molar-refractivity contribution in [1.82, 2.24) is 9.88 Å². The lowest BCUT2D eigenvalue weighted by atomic mass is 10.1. The number of aliphatic hydroxyl groups excluding tert-OH is 1. The fourth-order valence-electron chi connectivity index (χ4n) is 1.76. The fraction of sp³-hybridized carbons (Fsp3) is 0.286. The maximum Gasteiger partial charge on any atom is 0.273 e. The van der Waals surface area contributed by atoms with E-state index in [4.69, 9.17) is 5.11 Å². The zero-order chi connectivity index (χ0) is 14.5. The van der Waals surface area contributed by atoms with Crippen LogP contribution in [0.25, 0.3) is 0 Å². The van der Waals surface area contributed by atoms with Crippen molar-refractivity contribution in [1.29, 1.82) is 0 Å². The summed E-state index contributed by atoms with van der Waals surface area (Å²) in [5.41, 5.74) is 1.18. The zero-order valence-corrected chi connectivity index (χ0v) is 11.9. The quantitative estimate of drug-likeness (QED) is 0.917. The van der Waals surface area contributed by atoms with Crippen LogP contribution in [0.4, 0.5) is 4.39 Å². The van der Waals surface area contributed by atoms with Crippen molar-refractivity contribution in [3.63, 3.8) is 0 Å². The van der Waals surface area contributed by atoms with Crippen molar-refractivity contribution < 1.29 is 14.3 Å². The molecule has 0 radical (unpaired) electrons. The normalized spacial score (nSPS) is 10.6. The van der Waals surface area contributed by atoms with E-state index < -0.39 is 0 Å². The number of carbonyl (C=O) groups excluding carboxylic acids is 1. The fourth-order valence-corrected chi connectivity index (χ4v) is 2.56. The van der Waals surface area contributed by atoms with Crippen LogP contribution >= 0.6 is 11.3 Å². The van der Waals surface area contributed by atoms with Crippen LogP contribution in [0.3, 0.4) is 0 Å². The van der Waals surface area contributed by atoms with Gasteiger partial charge in [-0.3, -0.25) is 4.79 Å². The second-order valence-electron chi connectivity index (χ2n) is 4.38. The molecule has 20 heavy (non-hydrogen) atoms. The monoisotopic (exact) mass is 294 g/mol. The first-order valence-electron chi connectivity index (χ1n) is 6.15. The van der Waals surface area contributed by atoms with Crippen molar-refractivity contribution in [3.05, 3.63) is 51.7 Å². The van der Waals surface area contributed by atoms with Crippen molar-refractivity contribution in [2.24, 2.45) is 0 Å². The van der Waals surface area contributed by atoms with Gasteiger partial charge in [0.1, 0.15) is 11.5 Å². The maximum atomic E-state index is 13.1. The van der Waals surface area contributed by atoms with Crippen molar-refractivity contribution >= 4 is 17.2 Å². The van der Waals surface area contributed by atoms with E-state index in [1.165, 1.54) is 28.4 Å². The predicted octanol–water partition coefficient (Wildman–Crippen LogP) is 1.94. The number of thiazole rings is 1. The number of aliphatic hydroxyl groups is 1. The molecule has 0 aliphatic rings. The largest absolute Gasteiger partial charge is 0.395 e. The summed E-state index contributed by atoms with van der Waals surface area (Å²) >= 11 is 1.37. The highest BCUT2D eigenvalue weighted by Crippen LogP contribution is 2.16. The number of nitrogens with zero attached hydrogens (tertiary/aromatic N) is 2. The Morgan fingerprint density at radius 2 is 2.30 bits per heavy atom. The van der Waals surface area contributed by atoms with Gasteiger partial charge in [0, 0.05) is 25.4 Å². The highest BCUT2D eigenvalue weighted by molar-refractivity contribution is 7.09. The first kappa shape index (κ1) is 14.6. The van der Waals surface area contributed by atoms with Gasteiger partial charge < -0.3 is 10.0 Å². The lowest BCUT2D eigenvalue weighted by Crippen LogP contribution is -2.29. The minimum Gasteiger partial charge on any atom is -0.395 e. The molecule has 0 saturated heterocycles. The molecule has 1 aromatic heterocycles. The summed E-state index contributed by atoms with van der Waals surface area (Å²) in [6.07, 6.45) is 0.499. The molecule has 2 rings (SSSR count). The Morgan fingerprint density at radius 3 is 3.00 bits per heavy atom. The molecule has 1 N–H and O–H groups in total. The third kappa shape index (κ3) is 3.61. The maximum absolute atomic E-state index is 13.1. The van der Waals surface area contributed by atoms with Gasteiger partial charge >= 0.3 is 0 Å². The Kier molecular flexibility index (Phi) is 4.81. The summed E-state index contributed by atoms with van der Waals surface area (Å²) < 4.78 is 13.1. The Bertz CT molecular complexity index is 600. The van der Waals surface area contributed by atoms with E-state index in [9.17, 15) is 9.18 Å². The van der Waals surface area contributed by atoms with Gasteiger partial charge in [-0.1, -0.05) is 12.1 Å². The van der Waals surface area contributed by atoms with Gasteiger partial charge in [0.15, 0.2) is 0 Å². The number of aromatic nitrogens is 1. The third-order valence-electron chi connectivity index (χ3n) is 2.80. The molecule has 0 saturated carbocycles. The first-order chi connectivity index (χ1) is 9.60. The highest BCUT2D eigenvalue weighted by atomic mass is 32.1. The summed E-state index contributed by atoms with van der Waals surface area (Å²) in [6.45, 7) is 0.193. The zero-order valence-electron chi connectivity index (χ0n) is 11.0. The number of hydrogen-bond donors (Lipinski definition) is 1. The van der Waals surface area contributed by atoms with E-state index in [0.29, 0.717) is 12.1 Å². The lowest BCUT2D eigenvalue weighted by molar-refractivity contribution is 0.0762. The first-order valence-corrected chi connectivity index (χ1v) is 7.03. The van der Waals surface area contributed by atoms with Crippen LogP contribution in [0.5, 0.6) is 0 Å². The summed E-state index contributed by atoms with van der Waals surface area (Å²) in [4.78, 5) is 17.6. The van der Waals surface area contributed by atoms with Crippen LogP contribution in [0, 0.1) is 5.82 Å². The van der Waals surface area contributed by atoms with Gasteiger partial charge in [0.25, 0.3) is 5.91 Å². The molecule has 1 heterocycles. The van der Waals surface area contributed by atoms with E-state index >= 15 is 0 Å². The van der Waals surface area contributed by atoms with Crippen molar-refractivity contribution in [2.75, 3.05) is 20.2 Å². The molecule has 0 aliphatic carbocycles. The van der Waals surface area contributed by atoms with Gasteiger partial charge in [0.05, 0.1) is 11.6 Å². The number of benzene rings is 1.